The van der Waals surface area contributed by atoms with Gasteiger partial charge in [0.25, 0.3) is 0 Å². The molecule has 0 spiro atoms. The number of fused-ring (bicyclic) bond motifs is 1. The molecule has 0 saturated carbocycles. The van der Waals surface area contributed by atoms with E-state index in [1.807, 2.05) is 0 Å². The lowest BCUT2D eigenvalue weighted by Gasteiger charge is -2.42. The first-order valence-corrected chi connectivity index (χ1v) is 7.37. The number of hydrogen-bond acceptors (Lipinski definition) is 2. The van der Waals surface area contributed by atoms with Crippen molar-refractivity contribution in [3.05, 3.63) is 34.4 Å². The van der Waals surface area contributed by atoms with Crippen LogP contribution in [-0.2, 0) is 22.2 Å². The van der Waals surface area contributed by atoms with Gasteiger partial charge in [0.2, 0.25) is 0 Å². The fourth-order valence-corrected chi connectivity index (χ4v) is 3.26. The first kappa shape index (κ1) is 15.2. The van der Waals surface area contributed by atoms with Crippen molar-refractivity contribution in [2.24, 2.45) is 0 Å². The lowest BCUT2D eigenvalue weighted by molar-refractivity contribution is 0.101. The van der Waals surface area contributed by atoms with E-state index in [0.717, 1.165) is 17.5 Å². The molecule has 2 nitrogen and oxygen atoms in total. The number of Topliss-reactive ketones (excluding diaryl/α,β-unsaturated/α-hetero) is 1. The Morgan fingerprint density at radius 1 is 1.10 bits per heavy atom. The SMILES string of the molecule is COCc1cc2c(cc1C(C)=O)C(C)(C)CCC2(C)C. The van der Waals surface area contributed by atoms with Crippen molar-refractivity contribution >= 4 is 5.78 Å². The van der Waals surface area contributed by atoms with Gasteiger partial charge >= 0.3 is 0 Å². The van der Waals surface area contributed by atoms with Crippen LogP contribution in [-0.4, -0.2) is 12.9 Å². The molecule has 1 aliphatic carbocycles. The first-order valence-electron chi connectivity index (χ1n) is 7.37. The Hall–Kier alpha value is -1.15. The zero-order chi connectivity index (χ0) is 15.1. The van der Waals surface area contributed by atoms with E-state index in [0.29, 0.717) is 6.61 Å². The Morgan fingerprint density at radius 3 is 2.05 bits per heavy atom. The number of hydrogen-bond donors (Lipinski definition) is 0. The smallest absolute Gasteiger partial charge is 0.160 e. The van der Waals surface area contributed by atoms with Crippen LogP contribution in [0.1, 0.15) is 74.5 Å². The zero-order valence-electron chi connectivity index (χ0n) is 13.6. The summed E-state index contributed by atoms with van der Waals surface area (Å²) in [7, 11) is 1.68. The van der Waals surface area contributed by atoms with Crippen LogP contribution in [0.25, 0.3) is 0 Å². The Labute approximate surface area is 122 Å². The number of carbonyl (C=O) groups is 1. The maximum absolute atomic E-state index is 11.9. The van der Waals surface area contributed by atoms with Gasteiger partial charge in [-0.05, 0) is 53.4 Å². The van der Waals surface area contributed by atoms with Crippen molar-refractivity contribution in [2.75, 3.05) is 7.11 Å². The second kappa shape index (κ2) is 5.00. The molecule has 0 unspecified atom stereocenters. The minimum Gasteiger partial charge on any atom is -0.380 e. The highest BCUT2D eigenvalue weighted by atomic mass is 16.5. The minimum absolute atomic E-state index is 0.124. The van der Waals surface area contributed by atoms with Gasteiger partial charge in [-0.3, -0.25) is 4.79 Å². The van der Waals surface area contributed by atoms with Crippen molar-refractivity contribution in [3.63, 3.8) is 0 Å². The Bertz CT molecular complexity index is 539. The molecule has 0 N–H and O–H groups in total. The summed E-state index contributed by atoms with van der Waals surface area (Å²) in [5, 5.41) is 0. The highest BCUT2D eigenvalue weighted by molar-refractivity contribution is 5.96. The molecule has 0 heterocycles. The average Bonchev–Trinajstić information content (AvgIpc) is 2.35. The van der Waals surface area contributed by atoms with E-state index in [1.54, 1.807) is 14.0 Å². The summed E-state index contributed by atoms with van der Waals surface area (Å²) >= 11 is 0. The van der Waals surface area contributed by atoms with Gasteiger partial charge < -0.3 is 4.74 Å². The van der Waals surface area contributed by atoms with E-state index in [4.69, 9.17) is 4.74 Å². The molecule has 0 amide bonds. The lowest BCUT2D eigenvalue weighted by atomic mass is 9.62. The first-order chi connectivity index (χ1) is 9.19. The van der Waals surface area contributed by atoms with E-state index in [2.05, 4.69) is 39.8 Å². The fraction of sp³-hybridized carbons (Fsp3) is 0.611. The van der Waals surface area contributed by atoms with Gasteiger partial charge in [0.05, 0.1) is 6.61 Å². The topological polar surface area (TPSA) is 26.3 Å². The largest absolute Gasteiger partial charge is 0.380 e. The molecule has 0 fully saturated rings. The molecule has 2 heteroatoms. The van der Waals surface area contributed by atoms with E-state index < -0.39 is 0 Å². The third-order valence-corrected chi connectivity index (χ3v) is 4.76. The number of carbonyl (C=O) groups excluding carboxylic acids is 1. The standard InChI is InChI=1S/C18H26O2/c1-12(19)14-10-16-15(9-13(14)11-20-6)17(2,3)7-8-18(16,4)5/h9-10H,7-8,11H2,1-6H3. The molecule has 1 aromatic carbocycles. The normalized spacial score (nSPS) is 19.5. The zero-order valence-corrected chi connectivity index (χ0v) is 13.6. The minimum atomic E-state index is 0.124. The van der Waals surface area contributed by atoms with Crippen LogP contribution < -0.4 is 0 Å². The summed E-state index contributed by atoms with van der Waals surface area (Å²) in [6.07, 6.45) is 2.34. The second-order valence-corrected chi connectivity index (χ2v) is 7.31. The molecule has 0 radical (unpaired) electrons. The molecule has 1 aliphatic rings. The fourth-order valence-electron chi connectivity index (χ4n) is 3.26. The molecule has 2 rings (SSSR count). The summed E-state index contributed by atoms with van der Waals surface area (Å²) in [6, 6.07) is 4.32. The molecule has 1 aromatic rings. The number of ketones is 1. The molecule has 110 valence electrons. The molecule has 0 aromatic heterocycles. The molecule has 0 saturated heterocycles. The van der Waals surface area contributed by atoms with Crippen molar-refractivity contribution in [1.29, 1.82) is 0 Å². The second-order valence-electron chi connectivity index (χ2n) is 7.31. The van der Waals surface area contributed by atoms with E-state index in [1.165, 1.54) is 17.5 Å². The Kier molecular flexibility index (Phi) is 3.81. The van der Waals surface area contributed by atoms with Crippen molar-refractivity contribution in [3.8, 4) is 0 Å². The third-order valence-electron chi connectivity index (χ3n) is 4.76. The van der Waals surface area contributed by atoms with E-state index in [-0.39, 0.29) is 16.6 Å². The van der Waals surface area contributed by atoms with Gasteiger partial charge in [0.15, 0.2) is 5.78 Å². The van der Waals surface area contributed by atoms with Gasteiger partial charge in [-0.15, -0.1) is 0 Å². The van der Waals surface area contributed by atoms with Crippen LogP contribution in [0.5, 0.6) is 0 Å². The summed E-state index contributed by atoms with van der Waals surface area (Å²) < 4.78 is 5.28. The predicted octanol–water partition coefficient (Wildman–Crippen LogP) is 4.38. The monoisotopic (exact) mass is 274 g/mol. The molecule has 0 atom stereocenters. The Balaban J connectivity index is 2.70. The summed E-state index contributed by atoms with van der Waals surface area (Å²) in [5.41, 5.74) is 4.86. The molecule has 0 aliphatic heterocycles. The highest BCUT2D eigenvalue weighted by Gasteiger charge is 2.37. The number of rotatable bonds is 3. The van der Waals surface area contributed by atoms with Crippen LogP contribution >= 0.6 is 0 Å². The van der Waals surface area contributed by atoms with Crippen molar-refractivity contribution in [1.82, 2.24) is 0 Å². The number of ether oxygens (including phenoxy) is 1. The Morgan fingerprint density at radius 2 is 1.60 bits per heavy atom. The van der Waals surface area contributed by atoms with Crippen molar-refractivity contribution < 1.29 is 9.53 Å². The van der Waals surface area contributed by atoms with Crippen molar-refractivity contribution in [2.45, 2.75) is 64.9 Å². The quantitative estimate of drug-likeness (QED) is 0.764. The van der Waals surface area contributed by atoms with Gasteiger partial charge in [0.1, 0.15) is 0 Å². The van der Waals surface area contributed by atoms with Gasteiger partial charge in [-0.25, -0.2) is 0 Å². The van der Waals surface area contributed by atoms with Crippen LogP contribution in [0.2, 0.25) is 0 Å². The van der Waals surface area contributed by atoms with Gasteiger partial charge in [0, 0.05) is 12.7 Å². The maximum Gasteiger partial charge on any atom is 0.160 e. The average molecular weight is 274 g/mol. The summed E-state index contributed by atoms with van der Waals surface area (Å²) in [4.78, 5) is 11.9. The summed E-state index contributed by atoms with van der Waals surface area (Å²) in [5.74, 6) is 0.124. The molecule has 20 heavy (non-hydrogen) atoms. The lowest BCUT2D eigenvalue weighted by Crippen LogP contribution is -2.34. The van der Waals surface area contributed by atoms with Gasteiger partial charge in [-0.1, -0.05) is 33.8 Å². The number of benzene rings is 1. The third kappa shape index (κ3) is 2.54. The van der Waals surface area contributed by atoms with Crippen LogP contribution in [0, 0.1) is 0 Å². The predicted molar refractivity (Wildman–Crippen MR) is 82.4 cm³/mol. The number of methoxy groups -OCH3 is 1. The molecule has 0 bridgehead atoms. The summed E-state index contributed by atoms with van der Waals surface area (Å²) in [6.45, 7) is 11.3. The highest BCUT2D eigenvalue weighted by Crippen LogP contribution is 2.46. The maximum atomic E-state index is 11.9. The van der Waals surface area contributed by atoms with Crippen LogP contribution in [0.4, 0.5) is 0 Å². The van der Waals surface area contributed by atoms with Crippen LogP contribution in [0.3, 0.4) is 0 Å². The molecular formula is C18H26O2. The molecular weight excluding hydrogens is 248 g/mol. The van der Waals surface area contributed by atoms with Crippen LogP contribution in [0.15, 0.2) is 12.1 Å². The van der Waals surface area contributed by atoms with Gasteiger partial charge in [-0.2, -0.15) is 0 Å². The van der Waals surface area contributed by atoms with E-state index in [9.17, 15) is 4.79 Å². The van der Waals surface area contributed by atoms with E-state index >= 15 is 0 Å².